The Morgan fingerprint density at radius 1 is 1.29 bits per heavy atom. The van der Waals surface area contributed by atoms with Gasteiger partial charge in [-0.2, -0.15) is 4.98 Å². The second-order valence-electron chi connectivity index (χ2n) is 7.32. The molecule has 0 spiro atoms. The lowest BCUT2D eigenvalue weighted by molar-refractivity contribution is -0.116. The van der Waals surface area contributed by atoms with Crippen LogP contribution in [0, 0.1) is 0 Å². The standard InChI is InChI=1S/C21H25ClN4OS/c1-2-3-4-5-12-28-21-24-20-23-16-10-7-11-17(27)18(16)19(26(20)25-21)14-8-6-9-15(22)13-14/h6,8-9,13,19H,2-5,7,10-12H2,1H3,(H,23,24,25). The number of unbranched alkanes of at least 4 members (excludes halogenated alkanes) is 3. The number of thioether (sulfide) groups is 1. The van der Waals surface area contributed by atoms with Gasteiger partial charge in [0.05, 0.1) is 0 Å². The van der Waals surface area contributed by atoms with Crippen LogP contribution in [-0.4, -0.2) is 26.3 Å². The smallest absolute Gasteiger partial charge is 0.227 e. The van der Waals surface area contributed by atoms with Gasteiger partial charge in [0.2, 0.25) is 11.1 Å². The molecule has 2 heterocycles. The van der Waals surface area contributed by atoms with Gasteiger partial charge < -0.3 is 5.32 Å². The molecule has 5 nitrogen and oxygen atoms in total. The van der Waals surface area contributed by atoms with E-state index in [9.17, 15) is 4.79 Å². The third-order valence-electron chi connectivity index (χ3n) is 5.24. The van der Waals surface area contributed by atoms with E-state index >= 15 is 0 Å². The molecule has 1 unspecified atom stereocenters. The summed E-state index contributed by atoms with van der Waals surface area (Å²) >= 11 is 7.94. The van der Waals surface area contributed by atoms with Crippen LogP contribution in [0.3, 0.4) is 0 Å². The number of hydrogen-bond acceptors (Lipinski definition) is 5. The molecular formula is C21H25ClN4OS. The van der Waals surface area contributed by atoms with E-state index in [2.05, 4.69) is 12.2 Å². The van der Waals surface area contributed by atoms with E-state index in [0.717, 1.165) is 46.5 Å². The third-order valence-corrected chi connectivity index (χ3v) is 6.40. The van der Waals surface area contributed by atoms with Crippen molar-refractivity contribution in [3.8, 4) is 0 Å². The van der Waals surface area contributed by atoms with Gasteiger partial charge in [-0.15, -0.1) is 5.10 Å². The molecule has 0 fully saturated rings. The number of fused-ring (bicyclic) bond motifs is 1. The third kappa shape index (κ3) is 3.98. The lowest BCUT2D eigenvalue weighted by atomic mass is 9.85. The fraction of sp³-hybridized carbons (Fsp3) is 0.476. The highest BCUT2D eigenvalue weighted by molar-refractivity contribution is 7.99. The summed E-state index contributed by atoms with van der Waals surface area (Å²) in [6.45, 7) is 2.22. The number of anilines is 1. The molecule has 1 aromatic carbocycles. The molecule has 0 bridgehead atoms. The van der Waals surface area contributed by atoms with Crippen molar-refractivity contribution in [3.05, 3.63) is 46.1 Å². The Balaban J connectivity index is 1.65. The lowest BCUT2D eigenvalue weighted by Gasteiger charge is -2.32. The maximum Gasteiger partial charge on any atom is 0.227 e. The van der Waals surface area contributed by atoms with Crippen molar-refractivity contribution in [3.63, 3.8) is 0 Å². The van der Waals surface area contributed by atoms with Gasteiger partial charge in [-0.05, 0) is 37.0 Å². The van der Waals surface area contributed by atoms with Gasteiger partial charge in [-0.1, -0.05) is 61.7 Å². The summed E-state index contributed by atoms with van der Waals surface area (Å²) in [6, 6.07) is 7.45. The number of rotatable bonds is 7. The summed E-state index contributed by atoms with van der Waals surface area (Å²) in [7, 11) is 0. The minimum Gasteiger partial charge on any atom is -0.328 e. The number of halogens is 1. The van der Waals surface area contributed by atoms with Crippen LogP contribution in [0.1, 0.15) is 63.5 Å². The average Bonchev–Trinajstić information content (AvgIpc) is 3.08. The molecule has 28 heavy (non-hydrogen) atoms. The maximum absolute atomic E-state index is 12.8. The van der Waals surface area contributed by atoms with Crippen molar-refractivity contribution in [2.24, 2.45) is 0 Å². The average molecular weight is 417 g/mol. The van der Waals surface area contributed by atoms with Crippen molar-refractivity contribution in [1.82, 2.24) is 14.8 Å². The van der Waals surface area contributed by atoms with E-state index < -0.39 is 0 Å². The number of carbonyl (C=O) groups is 1. The van der Waals surface area contributed by atoms with Crippen LogP contribution in [-0.2, 0) is 4.79 Å². The molecule has 1 N–H and O–H groups in total. The van der Waals surface area contributed by atoms with Crippen molar-refractivity contribution in [2.45, 2.75) is 63.1 Å². The summed E-state index contributed by atoms with van der Waals surface area (Å²) < 4.78 is 1.86. The van der Waals surface area contributed by atoms with Crippen LogP contribution < -0.4 is 5.32 Å². The van der Waals surface area contributed by atoms with E-state index in [0.29, 0.717) is 11.4 Å². The molecule has 1 aliphatic carbocycles. The molecule has 0 amide bonds. The summed E-state index contributed by atoms with van der Waals surface area (Å²) in [4.78, 5) is 17.5. The Kier molecular flexibility index (Phi) is 6.07. The molecule has 1 atom stereocenters. The first-order valence-corrected chi connectivity index (χ1v) is 11.4. The molecule has 0 saturated carbocycles. The van der Waals surface area contributed by atoms with E-state index in [-0.39, 0.29) is 11.8 Å². The van der Waals surface area contributed by atoms with Gasteiger partial charge in [0.15, 0.2) is 5.78 Å². The Hall–Kier alpha value is -1.79. The van der Waals surface area contributed by atoms with E-state index in [1.165, 1.54) is 25.7 Å². The van der Waals surface area contributed by atoms with E-state index in [4.69, 9.17) is 21.7 Å². The summed E-state index contributed by atoms with van der Waals surface area (Å²) in [5.74, 6) is 1.92. The number of allylic oxidation sites excluding steroid dienone is 2. The molecule has 1 aromatic heterocycles. The van der Waals surface area contributed by atoms with Crippen LogP contribution in [0.15, 0.2) is 40.7 Å². The predicted octanol–water partition coefficient (Wildman–Crippen LogP) is 5.63. The Morgan fingerprint density at radius 2 is 2.18 bits per heavy atom. The highest BCUT2D eigenvalue weighted by Crippen LogP contribution is 2.41. The molecule has 0 radical (unpaired) electrons. The highest BCUT2D eigenvalue weighted by Gasteiger charge is 2.36. The second kappa shape index (κ2) is 8.70. The number of ketones is 1. The number of hydrogen-bond donors (Lipinski definition) is 1. The van der Waals surface area contributed by atoms with Gasteiger partial charge in [-0.3, -0.25) is 4.79 Å². The summed E-state index contributed by atoms with van der Waals surface area (Å²) in [5.41, 5.74) is 2.77. The summed E-state index contributed by atoms with van der Waals surface area (Å²) in [5, 5.41) is 9.56. The predicted molar refractivity (Wildman–Crippen MR) is 114 cm³/mol. The first kappa shape index (κ1) is 19.5. The zero-order valence-electron chi connectivity index (χ0n) is 16.1. The topological polar surface area (TPSA) is 59.8 Å². The van der Waals surface area contributed by atoms with Crippen LogP contribution in [0.25, 0.3) is 0 Å². The second-order valence-corrected chi connectivity index (χ2v) is 8.82. The number of nitrogens with zero attached hydrogens (tertiary/aromatic N) is 3. The fourth-order valence-corrected chi connectivity index (χ4v) is 4.90. The number of carbonyl (C=O) groups excluding carboxylic acids is 1. The lowest BCUT2D eigenvalue weighted by Crippen LogP contribution is -2.31. The van der Waals surface area contributed by atoms with Gasteiger partial charge in [-0.25, -0.2) is 4.68 Å². The van der Waals surface area contributed by atoms with Crippen molar-refractivity contribution in [1.29, 1.82) is 0 Å². The molecule has 1 aliphatic heterocycles. The van der Waals surface area contributed by atoms with Crippen molar-refractivity contribution < 1.29 is 4.79 Å². The molecule has 2 aliphatic rings. The SMILES string of the molecule is CCCCCCSc1nc2n(n1)C(c1cccc(Cl)c1)C1=C(CCCC1=O)N2. The monoisotopic (exact) mass is 416 g/mol. The first-order valence-electron chi connectivity index (χ1n) is 10.1. The summed E-state index contributed by atoms with van der Waals surface area (Å²) in [6.07, 6.45) is 7.24. The molecule has 2 aromatic rings. The largest absolute Gasteiger partial charge is 0.328 e. The minimum atomic E-state index is -0.264. The number of nitrogens with one attached hydrogen (secondary N) is 1. The van der Waals surface area contributed by atoms with Gasteiger partial charge in [0, 0.05) is 28.5 Å². The highest BCUT2D eigenvalue weighted by atomic mass is 35.5. The van der Waals surface area contributed by atoms with Crippen molar-refractivity contribution in [2.75, 3.05) is 11.1 Å². The van der Waals surface area contributed by atoms with Crippen LogP contribution in [0.4, 0.5) is 5.95 Å². The molecule has 148 valence electrons. The molecular weight excluding hydrogens is 392 g/mol. The van der Waals surface area contributed by atoms with Gasteiger partial charge >= 0.3 is 0 Å². The molecule has 7 heteroatoms. The van der Waals surface area contributed by atoms with Gasteiger partial charge in [0.25, 0.3) is 0 Å². The van der Waals surface area contributed by atoms with E-state index in [1.807, 2.05) is 28.9 Å². The van der Waals surface area contributed by atoms with Crippen molar-refractivity contribution >= 4 is 35.1 Å². The number of aromatic nitrogens is 3. The zero-order chi connectivity index (χ0) is 19.5. The van der Waals surface area contributed by atoms with Crippen LogP contribution in [0.5, 0.6) is 0 Å². The zero-order valence-corrected chi connectivity index (χ0v) is 17.7. The molecule has 4 rings (SSSR count). The number of Topliss-reactive ketones (excluding diaryl/α,β-unsaturated/α-hetero) is 1. The Labute approximate surface area is 174 Å². The first-order chi connectivity index (χ1) is 13.7. The normalized spacial score (nSPS) is 18.6. The Morgan fingerprint density at radius 3 is 3.00 bits per heavy atom. The number of benzene rings is 1. The maximum atomic E-state index is 12.8. The molecule has 0 saturated heterocycles. The van der Waals surface area contributed by atoms with Gasteiger partial charge in [0.1, 0.15) is 6.04 Å². The quantitative estimate of drug-likeness (QED) is 0.468. The Bertz CT molecular complexity index is 908. The minimum absolute atomic E-state index is 0.189. The van der Waals surface area contributed by atoms with Crippen LogP contribution >= 0.6 is 23.4 Å². The van der Waals surface area contributed by atoms with Crippen LogP contribution in [0.2, 0.25) is 5.02 Å². The van der Waals surface area contributed by atoms with E-state index in [1.54, 1.807) is 11.8 Å². The fourth-order valence-electron chi connectivity index (χ4n) is 3.87.